The Balaban J connectivity index is 1.93. The zero-order chi connectivity index (χ0) is 19.6. The maximum Gasteiger partial charge on any atom is 0.251 e. The summed E-state index contributed by atoms with van der Waals surface area (Å²) in [7, 11) is 0. The third-order valence-electron chi connectivity index (χ3n) is 5.33. The van der Waals surface area contributed by atoms with Crippen molar-refractivity contribution in [2.75, 3.05) is 13.1 Å². The first-order valence-electron chi connectivity index (χ1n) is 9.49. The van der Waals surface area contributed by atoms with E-state index >= 15 is 0 Å². The molecule has 2 heterocycles. The van der Waals surface area contributed by atoms with Crippen LogP contribution in [0.2, 0.25) is 5.02 Å². The minimum absolute atomic E-state index is 0.245. The summed E-state index contributed by atoms with van der Waals surface area (Å²) < 4.78 is 2.19. The van der Waals surface area contributed by atoms with Gasteiger partial charge in [0.2, 0.25) is 5.91 Å². The van der Waals surface area contributed by atoms with Crippen LogP contribution in [0.3, 0.4) is 0 Å². The van der Waals surface area contributed by atoms with Gasteiger partial charge in [-0.15, -0.1) is 0 Å². The van der Waals surface area contributed by atoms with Gasteiger partial charge >= 0.3 is 0 Å². The van der Waals surface area contributed by atoms with Crippen molar-refractivity contribution in [1.82, 2.24) is 9.47 Å². The summed E-state index contributed by atoms with van der Waals surface area (Å²) >= 11 is 6.03. The Kier molecular flexibility index (Phi) is 5.90. The van der Waals surface area contributed by atoms with Crippen LogP contribution < -0.4 is 5.73 Å². The van der Waals surface area contributed by atoms with Crippen molar-refractivity contribution in [3.63, 3.8) is 0 Å². The van der Waals surface area contributed by atoms with Crippen LogP contribution in [0.25, 0.3) is 11.1 Å². The molecule has 27 heavy (non-hydrogen) atoms. The number of carbonyl (C=O) groups is 2. The first kappa shape index (κ1) is 19.5. The van der Waals surface area contributed by atoms with E-state index in [2.05, 4.69) is 11.5 Å². The van der Waals surface area contributed by atoms with Crippen LogP contribution >= 0.6 is 11.6 Å². The molecule has 2 amide bonds. The van der Waals surface area contributed by atoms with Crippen molar-refractivity contribution in [2.45, 2.75) is 46.1 Å². The number of aromatic nitrogens is 1. The average molecular weight is 388 g/mol. The van der Waals surface area contributed by atoms with E-state index in [0.29, 0.717) is 17.0 Å². The molecule has 1 aliphatic rings. The van der Waals surface area contributed by atoms with Crippen LogP contribution in [0.1, 0.15) is 47.9 Å². The highest BCUT2D eigenvalue weighted by atomic mass is 35.5. The van der Waals surface area contributed by atoms with E-state index in [0.717, 1.165) is 61.4 Å². The van der Waals surface area contributed by atoms with Crippen molar-refractivity contribution in [1.29, 1.82) is 0 Å². The zero-order valence-electron chi connectivity index (χ0n) is 15.9. The molecule has 1 saturated heterocycles. The van der Waals surface area contributed by atoms with Gasteiger partial charge in [-0.25, -0.2) is 0 Å². The van der Waals surface area contributed by atoms with Crippen LogP contribution in [0.4, 0.5) is 0 Å². The molecule has 0 aliphatic carbocycles. The van der Waals surface area contributed by atoms with E-state index in [4.69, 9.17) is 17.3 Å². The molecule has 1 aliphatic heterocycles. The second-order valence-corrected chi connectivity index (χ2v) is 7.43. The maximum atomic E-state index is 12.2. The number of halogens is 1. The molecule has 1 aromatic carbocycles. The SMILES string of the molecule is CCc1c(-c2ccc(Cl)cc2)c(C(N)=O)c(C)n1CCCN1CCCC1=O. The summed E-state index contributed by atoms with van der Waals surface area (Å²) in [4.78, 5) is 26.0. The summed E-state index contributed by atoms with van der Waals surface area (Å²) in [6, 6.07) is 7.51. The molecule has 0 atom stereocenters. The molecule has 0 saturated carbocycles. The van der Waals surface area contributed by atoms with Crippen LogP contribution in [0.15, 0.2) is 24.3 Å². The molecule has 144 valence electrons. The number of primary amides is 1. The quantitative estimate of drug-likeness (QED) is 0.785. The van der Waals surface area contributed by atoms with Gasteiger partial charge < -0.3 is 15.2 Å². The van der Waals surface area contributed by atoms with Crippen LogP contribution in [-0.2, 0) is 17.8 Å². The zero-order valence-corrected chi connectivity index (χ0v) is 16.7. The van der Waals surface area contributed by atoms with Crippen molar-refractivity contribution in [3.05, 3.63) is 46.2 Å². The topological polar surface area (TPSA) is 68.3 Å². The second kappa shape index (κ2) is 8.17. The Morgan fingerprint density at radius 1 is 1.22 bits per heavy atom. The molecule has 1 aromatic heterocycles. The third kappa shape index (κ3) is 3.88. The lowest BCUT2D eigenvalue weighted by Crippen LogP contribution is -2.26. The fraction of sp³-hybridized carbons (Fsp3) is 0.429. The molecular formula is C21H26ClN3O2. The standard InChI is InChI=1S/C21H26ClN3O2/c1-3-17-20(15-7-9-16(22)10-8-15)19(21(23)27)14(2)25(17)13-5-12-24-11-4-6-18(24)26/h7-10H,3-6,11-13H2,1-2H3,(H2,23,27). The van der Waals surface area contributed by atoms with Gasteiger partial charge in [-0.2, -0.15) is 0 Å². The molecule has 2 aromatic rings. The molecule has 0 unspecified atom stereocenters. The smallest absolute Gasteiger partial charge is 0.251 e. The average Bonchev–Trinajstić information content (AvgIpc) is 3.17. The van der Waals surface area contributed by atoms with Gasteiger partial charge in [0.1, 0.15) is 0 Å². The molecule has 0 spiro atoms. The number of benzene rings is 1. The summed E-state index contributed by atoms with van der Waals surface area (Å²) in [5.74, 6) is -0.171. The highest BCUT2D eigenvalue weighted by molar-refractivity contribution is 6.30. The minimum atomic E-state index is -0.416. The fourth-order valence-electron chi connectivity index (χ4n) is 4.06. The maximum absolute atomic E-state index is 12.2. The van der Waals surface area contributed by atoms with Gasteiger partial charge in [0.15, 0.2) is 0 Å². The Hall–Kier alpha value is -2.27. The number of carbonyl (C=O) groups excluding carboxylic acids is 2. The van der Waals surface area contributed by atoms with Gasteiger partial charge in [-0.05, 0) is 43.9 Å². The van der Waals surface area contributed by atoms with E-state index < -0.39 is 5.91 Å². The summed E-state index contributed by atoms with van der Waals surface area (Å²) in [6.45, 7) is 6.39. The molecule has 3 rings (SSSR count). The Bertz CT molecular complexity index is 855. The van der Waals surface area contributed by atoms with E-state index in [1.165, 1.54) is 0 Å². The van der Waals surface area contributed by atoms with Crippen LogP contribution in [-0.4, -0.2) is 34.4 Å². The number of hydrogen-bond donors (Lipinski definition) is 1. The Morgan fingerprint density at radius 2 is 1.93 bits per heavy atom. The normalized spacial score (nSPS) is 14.2. The van der Waals surface area contributed by atoms with E-state index in [-0.39, 0.29) is 5.91 Å². The van der Waals surface area contributed by atoms with E-state index in [9.17, 15) is 9.59 Å². The summed E-state index contributed by atoms with van der Waals surface area (Å²) in [5.41, 5.74) is 10.1. The summed E-state index contributed by atoms with van der Waals surface area (Å²) in [6.07, 6.45) is 3.25. The lowest BCUT2D eigenvalue weighted by Gasteiger charge is -2.17. The molecule has 0 bridgehead atoms. The van der Waals surface area contributed by atoms with Gasteiger partial charge in [-0.1, -0.05) is 30.7 Å². The number of likely N-dealkylation sites (tertiary alicyclic amines) is 1. The number of nitrogens with two attached hydrogens (primary N) is 1. The van der Waals surface area contributed by atoms with Gasteiger partial charge in [0.25, 0.3) is 5.91 Å². The number of rotatable bonds is 7. The Labute approximate surface area is 165 Å². The van der Waals surface area contributed by atoms with Gasteiger partial charge in [0, 0.05) is 48.0 Å². The molecule has 6 heteroatoms. The Morgan fingerprint density at radius 3 is 2.48 bits per heavy atom. The van der Waals surface area contributed by atoms with Crippen LogP contribution in [0.5, 0.6) is 0 Å². The van der Waals surface area contributed by atoms with E-state index in [1.54, 1.807) is 0 Å². The summed E-state index contributed by atoms with van der Waals surface area (Å²) in [5, 5.41) is 0.656. The van der Waals surface area contributed by atoms with Crippen molar-refractivity contribution >= 4 is 23.4 Å². The fourth-order valence-corrected chi connectivity index (χ4v) is 4.18. The van der Waals surface area contributed by atoms with Crippen molar-refractivity contribution < 1.29 is 9.59 Å². The molecule has 1 fully saturated rings. The van der Waals surface area contributed by atoms with Crippen molar-refractivity contribution in [3.8, 4) is 11.1 Å². The predicted octanol–water partition coefficient (Wildman–Crippen LogP) is 3.79. The van der Waals surface area contributed by atoms with E-state index in [1.807, 2.05) is 36.1 Å². The third-order valence-corrected chi connectivity index (χ3v) is 5.58. The van der Waals surface area contributed by atoms with Gasteiger partial charge in [-0.3, -0.25) is 9.59 Å². The first-order chi connectivity index (χ1) is 12.9. The molecule has 0 radical (unpaired) electrons. The monoisotopic (exact) mass is 387 g/mol. The minimum Gasteiger partial charge on any atom is -0.366 e. The van der Waals surface area contributed by atoms with Crippen LogP contribution in [0, 0.1) is 6.92 Å². The lowest BCUT2D eigenvalue weighted by atomic mass is 9.99. The second-order valence-electron chi connectivity index (χ2n) is 7.00. The number of nitrogens with zero attached hydrogens (tertiary/aromatic N) is 2. The lowest BCUT2D eigenvalue weighted by molar-refractivity contribution is -0.127. The highest BCUT2D eigenvalue weighted by Gasteiger charge is 2.24. The van der Waals surface area contributed by atoms with Crippen molar-refractivity contribution in [2.24, 2.45) is 5.73 Å². The predicted molar refractivity (Wildman–Crippen MR) is 108 cm³/mol. The number of amides is 2. The highest BCUT2D eigenvalue weighted by Crippen LogP contribution is 2.34. The molecular weight excluding hydrogens is 362 g/mol. The first-order valence-corrected chi connectivity index (χ1v) is 9.87. The molecule has 5 nitrogen and oxygen atoms in total. The number of hydrogen-bond acceptors (Lipinski definition) is 2. The van der Waals surface area contributed by atoms with Gasteiger partial charge in [0.05, 0.1) is 5.56 Å². The molecule has 2 N–H and O–H groups in total. The largest absolute Gasteiger partial charge is 0.366 e.